The molecule has 4 aromatic carbocycles. The average molecular weight is 627 g/mol. The number of rotatable bonds is 0. The maximum Gasteiger partial charge on any atom is 0.219 e. The van der Waals surface area contributed by atoms with E-state index in [1.807, 2.05) is 67.7 Å². The third-order valence-electron chi connectivity index (χ3n) is 9.55. The van der Waals surface area contributed by atoms with Crippen LogP contribution in [-0.4, -0.2) is 0 Å². The van der Waals surface area contributed by atoms with Crippen LogP contribution in [0.25, 0.3) is 61.9 Å². The molecule has 0 spiro atoms. The summed E-state index contributed by atoms with van der Waals surface area (Å²) in [5.41, 5.74) is 12.0. The molecule has 0 saturated heterocycles. The van der Waals surface area contributed by atoms with Gasteiger partial charge in [0, 0.05) is 24.3 Å². The second-order valence-electron chi connectivity index (χ2n) is 12.2. The van der Waals surface area contributed by atoms with E-state index >= 15 is 4.39 Å². The van der Waals surface area contributed by atoms with E-state index < -0.39 is 11.6 Å². The number of aromatic nitrogens is 2. The van der Waals surface area contributed by atoms with E-state index in [9.17, 15) is 14.9 Å². The lowest BCUT2D eigenvalue weighted by Crippen LogP contribution is -2.41. The number of fused-ring (bicyclic) bond motifs is 11. The minimum atomic E-state index is -0.543. The maximum atomic E-state index is 15.2. The molecule has 48 heavy (non-hydrogen) atoms. The van der Waals surface area contributed by atoms with Gasteiger partial charge in [-0.3, -0.25) is 0 Å². The molecule has 0 aliphatic carbocycles. The summed E-state index contributed by atoms with van der Waals surface area (Å²) < 4.78 is 34.5. The van der Waals surface area contributed by atoms with Crippen molar-refractivity contribution in [3.05, 3.63) is 149 Å². The lowest BCUT2D eigenvalue weighted by atomic mass is 9.89. The first kappa shape index (κ1) is 29.2. The maximum absolute atomic E-state index is 15.2. The van der Waals surface area contributed by atoms with E-state index in [1.54, 1.807) is 12.1 Å². The summed E-state index contributed by atoms with van der Waals surface area (Å²) >= 11 is 0. The average Bonchev–Trinajstić information content (AvgIpc) is 3.11. The standard InChI is InChI=1S/C42H28F2N4/c1-47-39-15-7-16-40(47)35-20-28(24-45)37(43)22-26(35)9-6-10-30-19-27-23-38(44)29(25-46)21-36(27)42-18-8-17-41(48(30)42)34-14-5-3-12-32(34)31-11-2-4-13-33(31)39/h2-5,7-8,10-18,20-23H,6,9,19H2,1H3/q+2. The first-order valence-corrected chi connectivity index (χ1v) is 15.9. The quantitative estimate of drug-likeness (QED) is 0.159. The molecule has 228 valence electrons. The highest BCUT2D eigenvalue weighted by atomic mass is 19.1. The Bertz CT molecular complexity index is 2450. The lowest BCUT2D eigenvalue weighted by Gasteiger charge is -2.20. The summed E-state index contributed by atoms with van der Waals surface area (Å²) in [7, 11) is 2.01. The lowest BCUT2D eigenvalue weighted by molar-refractivity contribution is -0.649. The van der Waals surface area contributed by atoms with Crippen molar-refractivity contribution in [3.63, 3.8) is 0 Å². The molecular weight excluding hydrogens is 598 g/mol. The number of hydrogen-bond donors (Lipinski definition) is 0. The number of nitrogens with zero attached hydrogens (tertiary/aromatic N) is 4. The molecular formula is C42H28F2N4+2. The normalized spacial score (nSPS) is 12.7. The summed E-state index contributed by atoms with van der Waals surface area (Å²) in [6, 6.07) is 39.2. The van der Waals surface area contributed by atoms with Gasteiger partial charge in [0.25, 0.3) is 0 Å². The third kappa shape index (κ3) is 4.62. The first-order valence-electron chi connectivity index (χ1n) is 15.9. The predicted molar refractivity (Wildman–Crippen MR) is 181 cm³/mol. The molecule has 2 aliphatic rings. The van der Waals surface area contributed by atoms with E-state index in [0.717, 1.165) is 73.0 Å². The number of allylic oxidation sites excluding steroid dienone is 2. The molecule has 6 aromatic rings. The molecule has 0 fully saturated rings. The molecule has 8 rings (SSSR count). The monoisotopic (exact) mass is 626 g/mol. The fourth-order valence-corrected chi connectivity index (χ4v) is 7.31. The number of pyridine rings is 2. The molecule has 0 saturated carbocycles. The van der Waals surface area contributed by atoms with Gasteiger partial charge in [-0.05, 0) is 89.7 Å². The number of nitriles is 2. The molecule has 0 amide bonds. The largest absolute Gasteiger partial charge is 0.219 e. The van der Waals surface area contributed by atoms with Crippen LogP contribution in [0.5, 0.6) is 0 Å². The van der Waals surface area contributed by atoms with E-state index in [2.05, 4.69) is 51.6 Å². The third-order valence-corrected chi connectivity index (χ3v) is 9.55. The molecule has 2 bridgehead atoms. The minimum absolute atomic E-state index is 0.00142. The fraction of sp³-hybridized carbons (Fsp3) is 0.0952. The van der Waals surface area contributed by atoms with E-state index in [-0.39, 0.29) is 11.1 Å². The molecule has 6 heteroatoms. The van der Waals surface area contributed by atoms with Crippen molar-refractivity contribution < 1.29 is 17.9 Å². The molecule has 0 unspecified atom stereocenters. The zero-order valence-corrected chi connectivity index (χ0v) is 26.1. The van der Waals surface area contributed by atoms with Gasteiger partial charge < -0.3 is 0 Å². The minimum Gasteiger partial charge on any atom is -0.206 e. The van der Waals surface area contributed by atoms with Crippen LogP contribution in [0, 0.1) is 34.3 Å². The van der Waals surface area contributed by atoms with Crippen LogP contribution in [0.4, 0.5) is 8.78 Å². The van der Waals surface area contributed by atoms with Crippen LogP contribution >= 0.6 is 0 Å². The topological polar surface area (TPSA) is 55.3 Å². The van der Waals surface area contributed by atoms with E-state index in [1.165, 1.54) is 12.1 Å². The van der Waals surface area contributed by atoms with Crippen LogP contribution in [0.15, 0.2) is 115 Å². The number of benzene rings is 4. The van der Waals surface area contributed by atoms with Crippen molar-refractivity contribution in [2.24, 2.45) is 7.05 Å². The van der Waals surface area contributed by atoms with Gasteiger partial charge in [0.05, 0.1) is 39.8 Å². The van der Waals surface area contributed by atoms with Crippen molar-refractivity contribution in [2.45, 2.75) is 19.3 Å². The van der Waals surface area contributed by atoms with Gasteiger partial charge in [0.15, 0.2) is 5.70 Å². The van der Waals surface area contributed by atoms with Crippen molar-refractivity contribution in [2.75, 3.05) is 0 Å². The second kappa shape index (κ2) is 11.5. The Hall–Kier alpha value is -6.24. The van der Waals surface area contributed by atoms with Gasteiger partial charge in [-0.2, -0.15) is 19.7 Å². The molecule has 0 radical (unpaired) electrons. The smallest absolute Gasteiger partial charge is 0.206 e. The number of hydrogen-bond acceptors (Lipinski definition) is 2. The molecule has 0 N–H and O–H groups in total. The Balaban J connectivity index is 1.47. The highest BCUT2D eigenvalue weighted by Crippen LogP contribution is 2.40. The van der Waals surface area contributed by atoms with Gasteiger partial charge in [0.2, 0.25) is 22.8 Å². The van der Waals surface area contributed by atoms with Crippen molar-refractivity contribution in [1.29, 1.82) is 10.5 Å². The molecule has 2 aromatic heterocycles. The number of halogens is 2. The van der Waals surface area contributed by atoms with Crippen LogP contribution in [-0.2, 0) is 19.9 Å². The van der Waals surface area contributed by atoms with Crippen LogP contribution < -0.4 is 9.13 Å². The zero-order valence-electron chi connectivity index (χ0n) is 26.1. The van der Waals surface area contributed by atoms with Crippen molar-refractivity contribution in [3.8, 4) is 68.3 Å². The summed E-state index contributed by atoms with van der Waals surface area (Å²) in [4.78, 5) is 0. The Labute approximate surface area is 277 Å². The fourth-order valence-electron chi connectivity index (χ4n) is 7.31. The summed E-state index contributed by atoms with van der Waals surface area (Å²) in [6.45, 7) is 0. The molecule has 4 nitrogen and oxygen atoms in total. The van der Waals surface area contributed by atoms with Crippen LogP contribution in [0.1, 0.15) is 28.7 Å². The Morgan fingerprint density at radius 2 is 1.04 bits per heavy atom. The van der Waals surface area contributed by atoms with Gasteiger partial charge in [0.1, 0.15) is 30.8 Å². The summed E-state index contributed by atoms with van der Waals surface area (Å²) in [5, 5.41) is 19.5. The number of aryl methyl sites for hydroxylation is 1. The van der Waals surface area contributed by atoms with Crippen molar-refractivity contribution in [1.82, 2.24) is 0 Å². The highest BCUT2D eigenvalue weighted by molar-refractivity contribution is 5.90. The SMILES string of the molecule is C[n+]1c2cccc1-c1ccccc1-c1ccccc1-c1cccc3[n+]1C(=CCCc1cc(F)c(C#N)cc1-2)Cc1cc(F)c(C#N)cc1-3. The van der Waals surface area contributed by atoms with Crippen molar-refractivity contribution >= 4 is 5.70 Å². The summed E-state index contributed by atoms with van der Waals surface area (Å²) in [5.74, 6) is -1.08. The molecule has 4 heterocycles. The van der Waals surface area contributed by atoms with E-state index in [4.69, 9.17) is 0 Å². The zero-order chi connectivity index (χ0) is 32.9. The van der Waals surface area contributed by atoms with Gasteiger partial charge in [-0.25, -0.2) is 8.78 Å². The summed E-state index contributed by atoms with van der Waals surface area (Å²) in [6.07, 6.45) is 3.70. The Kier molecular flexibility index (Phi) is 7.01. The van der Waals surface area contributed by atoms with Crippen LogP contribution in [0.3, 0.4) is 0 Å². The van der Waals surface area contributed by atoms with Gasteiger partial charge in [-0.1, -0.05) is 36.4 Å². The predicted octanol–water partition coefficient (Wildman–Crippen LogP) is 8.50. The molecule has 2 aliphatic heterocycles. The van der Waals surface area contributed by atoms with Crippen LogP contribution in [0.2, 0.25) is 0 Å². The second-order valence-corrected chi connectivity index (χ2v) is 12.2. The highest BCUT2D eigenvalue weighted by Gasteiger charge is 2.33. The van der Waals surface area contributed by atoms with Gasteiger partial charge >= 0.3 is 0 Å². The van der Waals surface area contributed by atoms with Gasteiger partial charge in [-0.15, -0.1) is 0 Å². The first-order chi connectivity index (χ1) is 23.5. The van der Waals surface area contributed by atoms with E-state index in [0.29, 0.717) is 19.3 Å². The Morgan fingerprint density at radius 3 is 1.65 bits per heavy atom. The Morgan fingerprint density at radius 1 is 0.562 bits per heavy atom. The molecule has 0 atom stereocenters.